The van der Waals surface area contributed by atoms with Crippen molar-refractivity contribution < 1.29 is 9.53 Å². The number of fused-ring (bicyclic) bond motifs is 1. The Labute approximate surface area is 141 Å². The summed E-state index contributed by atoms with van der Waals surface area (Å²) in [5, 5.41) is 3.88. The van der Waals surface area contributed by atoms with Gasteiger partial charge in [-0.15, -0.1) is 0 Å². The van der Waals surface area contributed by atoms with E-state index < -0.39 is 0 Å². The van der Waals surface area contributed by atoms with Crippen LogP contribution in [0.4, 0.5) is 5.82 Å². The van der Waals surface area contributed by atoms with E-state index in [2.05, 4.69) is 36.0 Å². The Kier molecular flexibility index (Phi) is 4.52. The van der Waals surface area contributed by atoms with Gasteiger partial charge in [0.2, 0.25) is 0 Å². The second-order valence-corrected chi connectivity index (χ2v) is 5.77. The minimum Gasteiger partial charge on any atom is -0.468 e. The van der Waals surface area contributed by atoms with Crippen molar-refractivity contribution in [3.8, 4) is 11.4 Å². The molecule has 0 bridgehead atoms. The van der Waals surface area contributed by atoms with Crippen LogP contribution in [0.2, 0.25) is 0 Å². The highest BCUT2D eigenvalue weighted by molar-refractivity contribution is 9.10. The largest absolute Gasteiger partial charge is 0.468 e. The van der Waals surface area contributed by atoms with Crippen LogP contribution in [-0.4, -0.2) is 29.6 Å². The maximum atomic E-state index is 11.4. The molecule has 0 amide bonds. The van der Waals surface area contributed by atoms with Crippen molar-refractivity contribution in [3.05, 3.63) is 53.0 Å². The van der Waals surface area contributed by atoms with Crippen LogP contribution < -0.4 is 5.32 Å². The van der Waals surface area contributed by atoms with E-state index in [4.69, 9.17) is 0 Å². The van der Waals surface area contributed by atoms with Crippen molar-refractivity contribution in [1.29, 1.82) is 0 Å². The zero-order valence-corrected chi connectivity index (χ0v) is 14.0. The molecule has 116 valence electrons. The number of carbonyl (C=O) groups excluding carboxylic acids is 1. The first-order valence-electron chi connectivity index (χ1n) is 7.01. The molecule has 5 nitrogen and oxygen atoms in total. The number of hydrogen-bond acceptors (Lipinski definition) is 5. The van der Waals surface area contributed by atoms with Gasteiger partial charge >= 0.3 is 5.97 Å². The smallest absolute Gasteiger partial charge is 0.325 e. The van der Waals surface area contributed by atoms with E-state index in [0.29, 0.717) is 11.6 Å². The molecule has 2 aromatic carbocycles. The van der Waals surface area contributed by atoms with Crippen LogP contribution in [-0.2, 0) is 9.53 Å². The molecule has 0 spiro atoms. The molecule has 23 heavy (non-hydrogen) atoms. The number of methoxy groups -OCH3 is 1. The van der Waals surface area contributed by atoms with Gasteiger partial charge < -0.3 is 10.1 Å². The van der Waals surface area contributed by atoms with Crippen molar-refractivity contribution in [2.45, 2.75) is 0 Å². The first-order valence-corrected chi connectivity index (χ1v) is 7.80. The summed E-state index contributed by atoms with van der Waals surface area (Å²) >= 11 is 3.42. The van der Waals surface area contributed by atoms with Gasteiger partial charge in [-0.1, -0.05) is 40.2 Å². The van der Waals surface area contributed by atoms with Gasteiger partial charge in [0.15, 0.2) is 5.82 Å². The maximum Gasteiger partial charge on any atom is 0.325 e. The summed E-state index contributed by atoms with van der Waals surface area (Å²) in [5.41, 5.74) is 1.72. The fourth-order valence-electron chi connectivity index (χ4n) is 2.17. The predicted octanol–water partition coefficient (Wildman–Crippen LogP) is 3.64. The first-order chi connectivity index (χ1) is 11.2. The average Bonchev–Trinajstić information content (AvgIpc) is 2.59. The van der Waals surface area contributed by atoms with Gasteiger partial charge in [0.1, 0.15) is 12.4 Å². The Hall–Kier alpha value is -2.47. The van der Waals surface area contributed by atoms with Crippen molar-refractivity contribution in [2.75, 3.05) is 19.0 Å². The number of nitrogens with zero attached hydrogens (tertiary/aromatic N) is 2. The van der Waals surface area contributed by atoms with Gasteiger partial charge in [0, 0.05) is 15.4 Å². The van der Waals surface area contributed by atoms with E-state index in [-0.39, 0.29) is 12.5 Å². The van der Waals surface area contributed by atoms with Crippen molar-refractivity contribution >= 4 is 38.6 Å². The number of hydrogen-bond donors (Lipinski definition) is 1. The van der Waals surface area contributed by atoms with Crippen LogP contribution in [0.5, 0.6) is 0 Å². The molecule has 0 saturated heterocycles. The highest BCUT2D eigenvalue weighted by Gasteiger charge is 2.10. The van der Waals surface area contributed by atoms with Gasteiger partial charge in [0.25, 0.3) is 0 Å². The van der Waals surface area contributed by atoms with Crippen LogP contribution in [0.15, 0.2) is 53.0 Å². The maximum absolute atomic E-state index is 11.4. The highest BCUT2D eigenvalue weighted by atomic mass is 79.9. The zero-order chi connectivity index (χ0) is 16.2. The molecule has 0 aliphatic rings. The summed E-state index contributed by atoms with van der Waals surface area (Å²) in [6.45, 7) is 0.0529. The van der Waals surface area contributed by atoms with E-state index >= 15 is 0 Å². The third-order valence-corrected chi connectivity index (χ3v) is 3.86. The number of rotatable bonds is 4. The van der Waals surface area contributed by atoms with Crippen molar-refractivity contribution in [3.63, 3.8) is 0 Å². The number of aromatic nitrogens is 2. The second kappa shape index (κ2) is 6.75. The molecule has 0 aliphatic carbocycles. The van der Waals surface area contributed by atoms with Gasteiger partial charge in [-0.2, -0.15) is 0 Å². The summed E-state index contributed by atoms with van der Waals surface area (Å²) in [6, 6.07) is 15.4. The Morgan fingerprint density at radius 1 is 1.13 bits per heavy atom. The lowest BCUT2D eigenvalue weighted by Crippen LogP contribution is -2.16. The fourth-order valence-corrected chi connectivity index (χ4v) is 2.43. The molecular weight excluding hydrogens is 358 g/mol. The standard InChI is InChI=1S/C17H14BrN3O2/c1-23-15(22)10-19-17-13-4-2-3-5-14(13)20-16(21-17)11-6-8-12(18)9-7-11/h2-9H,10H2,1H3,(H,19,20,21). The summed E-state index contributed by atoms with van der Waals surface area (Å²) in [4.78, 5) is 20.5. The number of anilines is 1. The molecule has 0 fully saturated rings. The number of benzene rings is 2. The molecular formula is C17H14BrN3O2. The van der Waals surface area contributed by atoms with Crippen LogP contribution in [0.25, 0.3) is 22.3 Å². The Balaban J connectivity index is 2.06. The topological polar surface area (TPSA) is 64.1 Å². The summed E-state index contributed by atoms with van der Waals surface area (Å²) in [5.74, 6) is 0.861. The van der Waals surface area contributed by atoms with E-state index in [1.54, 1.807) is 0 Å². The number of carbonyl (C=O) groups is 1. The number of nitrogens with one attached hydrogen (secondary N) is 1. The van der Waals surface area contributed by atoms with Gasteiger partial charge in [0.05, 0.1) is 12.6 Å². The van der Waals surface area contributed by atoms with Crippen molar-refractivity contribution in [2.24, 2.45) is 0 Å². The van der Waals surface area contributed by atoms with Gasteiger partial charge in [-0.25, -0.2) is 9.97 Å². The minimum absolute atomic E-state index is 0.0529. The molecule has 0 aliphatic heterocycles. The molecule has 0 saturated carbocycles. The zero-order valence-electron chi connectivity index (χ0n) is 12.4. The Morgan fingerprint density at radius 2 is 1.87 bits per heavy atom. The lowest BCUT2D eigenvalue weighted by Gasteiger charge is -2.10. The van der Waals surface area contributed by atoms with Gasteiger partial charge in [-0.05, 0) is 24.3 Å². The minimum atomic E-state index is -0.349. The highest BCUT2D eigenvalue weighted by Crippen LogP contribution is 2.25. The number of esters is 1. The first kappa shape index (κ1) is 15.4. The third kappa shape index (κ3) is 3.48. The fraction of sp³-hybridized carbons (Fsp3) is 0.118. The van der Waals surface area contributed by atoms with Gasteiger partial charge in [-0.3, -0.25) is 4.79 Å². The van der Waals surface area contributed by atoms with Crippen LogP contribution in [0.1, 0.15) is 0 Å². The Morgan fingerprint density at radius 3 is 2.61 bits per heavy atom. The molecule has 3 rings (SSSR count). The van der Waals surface area contributed by atoms with Crippen LogP contribution >= 0.6 is 15.9 Å². The monoisotopic (exact) mass is 371 g/mol. The lowest BCUT2D eigenvalue weighted by atomic mass is 10.2. The normalized spacial score (nSPS) is 10.5. The van der Waals surface area contributed by atoms with Crippen molar-refractivity contribution in [1.82, 2.24) is 9.97 Å². The average molecular weight is 372 g/mol. The Bertz CT molecular complexity index is 850. The molecule has 0 radical (unpaired) electrons. The quantitative estimate of drug-likeness (QED) is 0.709. The molecule has 6 heteroatoms. The molecule has 1 heterocycles. The van der Waals surface area contributed by atoms with E-state index in [0.717, 1.165) is 20.9 Å². The molecule has 1 N–H and O–H groups in total. The molecule has 0 atom stereocenters. The summed E-state index contributed by atoms with van der Waals surface area (Å²) in [6.07, 6.45) is 0. The predicted molar refractivity (Wildman–Crippen MR) is 93.2 cm³/mol. The van der Waals surface area contributed by atoms with Crippen LogP contribution in [0.3, 0.4) is 0 Å². The summed E-state index contributed by atoms with van der Waals surface area (Å²) < 4.78 is 5.65. The van der Waals surface area contributed by atoms with E-state index in [1.165, 1.54) is 7.11 Å². The SMILES string of the molecule is COC(=O)CNc1nc(-c2ccc(Br)cc2)nc2ccccc12. The molecule has 1 aromatic heterocycles. The lowest BCUT2D eigenvalue weighted by molar-refractivity contribution is -0.138. The van der Waals surface area contributed by atoms with E-state index in [9.17, 15) is 4.79 Å². The molecule has 0 unspecified atom stereocenters. The number of halogens is 1. The van der Waals surface area contributed by atoms with Crippen LogP contribution in [0, 0.1) is 0 Å². The second-order valence-electron chi connectivity index (χ2n) is 4.85. The van der Waals surface area contributed by atoms with E-state index in [1.807, 2.05) is 48.5 Å². The molecule has 3 aromatic rings. The number of para-hydroxylation sites is 1. The third-order valence-electron chi connectivity index (χ3n) is 3.33. The number of ether oxygens (including phenoxy) is 1. The summed E-state index contributed by atoms with van der Waals surface area (Å²) in [7, 11) is 1.36.